The van der Waals surface area contributed by atoms with Gasteiger partial charge < -0.3 is 13.9 Å². The van der Waals surface area contributed by atoms with Crippen LogP contribution in [0.5, 0.6) is 0 Å². The number of fused-ring (bicyclic) bond motifs is 1. The normalized spacial score (nSPS) is 14.8. The van der Waals surface area contributed by atoms with E-state index in [0.29, 0.717) is 23.6 Å². The lowest BCUT2D eigenvalue weighted by atomic mass is 10.2. The average Bonchev–Trinajstić information content (AvgIpc) is 3.15. The molecule has 0 amide bonds. The van der Waals surface area contributed by atoms with Gasteiger partial charge in [-0.2, -0.15) is 0 Å². The molecule has 3 aromatic heterocycles. The number of rotatable bonds is 3. The van der Waals surface area contributed by atoms with Gasteiger partial charge in [0.25, 0.3) is 0 Å². The number of hydrogen-bond donors (Lipinski definition) is 0. The SMILES string of the molecule is Cc1ccc(-c2nnc(Cn3c(Cl)nc4c3CN(C)CN4C)o2)cn1. The summed E-state index contributed by atoms with van der Waals surface area (Å²) in [6.45, 7) is 3.89. The molecule has 1 aliphatic rings. The Kier molecular flexibility index (Phi) is 3.93. The highest BCUT2D eigenvalue weighted by atomic mass is 35.5. The molecule has 25 heavy (non-hydrogen) atoms. The molecular weight excluding hydrogens is 342 g/mol. The minimum absolute atomic E-state index is 0.384. The molecule has 0 atom stereocenters. The van der Waals surface area contributed by atoms with Crippen LogP contribution in [0.1, 0.15) is 17.3 Å². The molecule has 1 aliphatic heterocycles. The van der Waals surface area contributed by atoms with Crippen LogP contribution < -0.4 is 4.90 Å². The van der Waals surface area contributed by atoms with Gasteiger partial charge in [-0.05, 0) is 37.7 Å². The zero-order valence-electron chi connectivity index (χ0n) is 14.3. The van der Waals surface area contributed by atoms with E-state index in [9.17, 15) is 0 Å². The standard InChI is InChI=1S/C16H18ClN7O/c1-10-4-5-11(6-18-10)15-21-20-13(25-15)8-24-12-7-22(2)9-23(3)14(12)19-16(24)17/h4-6H,7-9H2,1-3H3. The van der Waals surface area contributed by atoms with Crippen LogP contribution in [0.15, 0.2) is 22.7 Å². The number of pyridine rings is 1. The Labute approximate surface area is 150 Å². The molecule has 130 valence electrons. The zero-order chi connectivity index (χ0) is 17.6. The van der Waals surface area contributed by atoms with E-state index in [1.54, 1.807) is 6.20 Å². The number of aromatic nitrogens is 5. The van der Waals surface area contributed by atoms with Gasteiger partial charge in [0.1, 0.15) is 6.54 Å². The third-order valence-electron chi connectivity index (χ3n) is 4.16. The molecule has 0 fully saturated rings. The predicted octanol–water partition coefficient (Wildman–Crippen LogP) is 2.18. The third-order valence-corrected chi connectivity index (χ3v) is 4.45. The highest BCUT2D eigenvalue weighted by molar-refractivity contribution is 6.28. The Morgan fingerprint density at radius 1 is 1.24 bits per heavy atom. The summed E-state index contributed by atoms with van der Waals surface area (Å²) in [5.74, 6) is 1.82. The summed E-state index contributed by atoms with van der Waals surface area (Å²) in [7, 11) is 4.05. The topological polar surface area (TPSA) is 76.1 Å². The van der Waals surface area contributed by atoms with Gasteiger partial charge in [-0.15, -0.1) is 10.2 Å². The Bertz CT molecular complexity index is 902. The van der Waals surface area contributed by atoms with Crippen LogP contribution in [0, 0.1) is 6.92 Å². The molecule has 0 saturated heterocycles. The number of imidazole rings is 1. The van der Waals surface area contributed by atoms with Crippen molar-refractivity contribution in [3.8, 4) is 11.5 Å². The largest absolute Gasteiger partial charge is 0.419 e. The second-order valence-corrected chi connectivity index (χ2v) is 6.62. The number of anilines is 1. The lowest BCUT2D eigenvalue weighted by molar-refractivity contribution is 0.304. The van der Waals surface area contributed by atoms with Gasteiger partial charge >= 0.3 is 0 Å². The summed E-state index contributed by atoms with van der Waals surface area (Å²) in [4.78, 5) is 13.0. The van der Waals surface area contributed by atoms with Crippen molar-refractivity contribution in [2.24, 2.45) is 0 Å². The Hall–Kier alpha value is -2.45. The van der Waals surface area contributed by atoms with Crippen LogP contribution in [0.2, 0.25) is 5.28 Å². The lowest BCUT2D eigenvalue weighted by Crippen LogP contribution is -2.38. The van der Waals surface area contributed by atoms with Gasteiger partial charge in [-0.1, -0.05) is 0 Å². The molecule has 4 heterocycles. The first kappa shape index (κ1) is 16.0. The minimum atomic E-state index is 0.384. The fraction of sp³-hybridized carbons (Fsp3) is 0.375. The van der Waals surface area contributed by atoms with Crippen LogP contribution in [0.25, 0.3) is 11.5 Å². The molecule has 0 aliphatic carbocycles. The van der Waals surface area contributed by atoms with Gasteiger partial charge in [-0.25, -0.2) is 4.98 Å². The Balaban J connectivity index is 1.62. The van der Waals surface area contributed by atoms with Crippen molar-refractivity contribution in [2.75, 3.05) is 25.7 Å². The third kappa shape index (κ3) is 2.98. The van der Waals surface area contributed by atoms with Crippen molar-refractivity contribution in [3.63, 3.8) is 0 Å². The number of nitrogens with zero attached hydrogens (tertiary/aromatic N) is 7. The van der Waals surface area contributed by atoms with Crippen molar-refractivity contribution < 1.29 is 4.42 Å². The van der Waals surface area contributed by atoms with Crippen molar-refractivity contribution in [3.05, 3.63) is 40.9 Å². The summed E-state index contributed by atoms with van der Waals surface area (Å²) < 4.78 is 7.70. The Morgan fingerprint density at radius 2 is 2.08 bits per heavy atom. The first-order chi connectivity index (χ1) is 12.0. The van der Waals surface area contributed by atoms with E-state index in [4.69, 9.17) is 16.0 Å². The van der Waals surface area contributed by atoms with Gasteiger partial charge in [0, 0.05) is 25.5 Å². The van der Waals surface area contributed by atoms with Gasteiger partial charge in [0.2, 0.25) is 17.1 Å². The molecule has 0 saturated carbocycles. The second kappa shape index (κ2) is 6.12. The lowest BCUT2D eigenvalue weighted by Gasteiger charge is -2.31. The van der Waals surface area contributed by atoms with E-state index in [2.05, 4.69) is 37.0 Å². The van der Waals surface area contributed by atoms with E-state index in [-0.39, 0.29) is 0 Å². The zero-order valence-corrected chi connectivity index (χ0v) is 15.0. The highest BCUT2D eigenvalue weighted by Crippen LogP contribution is 2.29. The van der Waals surface area contributed by atoms with Crippen LogP contribution in [0.3, 0.4) is 0 Å². The van der Waals surface area contributed by atoms with E-state index >= 15 is 0 Å². The molecule has 0 unspecified atom stereocenters. The number of hydrogen-bond acceptors (Lipinski definition) is 7. The van der Waals surface area contributed by atoms with Gasteiger partial charge in [0.15, 0.2) is 5.82 Å². The van der Waals surface area contributed by atoms with E-state index in [1.807, 2.05) is 30.7 Å². The summed E-state index contributed by atoms with van der Waals surface area (Å²) in [5, 5.41) is 8.67. The maximum atomic E-state index is 6.35. The molecule has 0 radical (unpaired) electrons. The van der Waals surface area contributed by atoms with Gasteiger partial charge in [0.05, 0.1) is 17.9 Å². The van der Waals surface area contributed by atoms with Crippen molar-refractivity contribution in [2.45, 2.75) is 20.0 Å². The van der Waals surface area contributed by atoms with E-state index in [0.717, 1.165) is 36.0 Å². The van der Waals surface area contributed by atoms with Crippen molar-refractivity contribution in [1.82, 2.24) is 29.6 Å². The molecule has 9 heteroatoms. The monoisotopic (exact) mass is 359 g/mol. The van der Waals surface area contributed by atoms with E-state index in [1.165, 1.54) is 0 Å². The first-order valence-electron chi connectivity index (χ1n) is 7.91. The molecular formula is C16H18ClN7O. The molecule has 0 N–H and O–H groups in total. The van der Waals surface area contributed by atoms with Gasteiger partial charge in [-0.3, -0.25) is 9.88 Å². The highest BCUT2D eigenvalue weighted by Gasteiger charge is 2.26. The molecule has 0 aromatic carbocycles. The maximum Gasteiger partial charge on any atom is 0.249 e. The number of aryl methyl sites for hydroxylation is 1. The van der Waals surface area contributed by atoms with Crippen LogP contribution in [-0.2, 0) is 13.1 Å². The fourth-order valence-electron chi connectivity index (χ4n) is 2.97. The van der Waals surface area contributed by atoms with Crippen LogP contribution >= 0.6 is 11.6 Å². The smallest absolute Gasteiger partial charge is 0.249 e. The average molecular weight is 360 g/mol. The molecule has 0 bridgehead atoms. The predicted molar refractivity (Wildman–Crippen MR) is 93.3 cm³/mol. The summed E-state index contributed by atoms with van der Waals surface area (Å²) >= 11 is 6.35. The summed E-state index contributed by atoms with van der Waals surface area (Å²) in [6, 6.07) is 3.82. The quantitative estimate of drug-likeness (QED) is 0.709. The number of halogens is 1. The van der Waals surface area contributed by atoms with Crippen LogP contribution in [0.4, 0.5) is 5.82 Å². The summed E-state index contributed by atoms with van der Waals surface area (Å²) in [6.07, 6.45) is 1.72. The van der Waals surface area contributed by atoms with Crippen LogP contribution in [-0.4, -0.2) is 50.4 Å². The Morgan fingerprint density at radius 3 is 2.84 bits per heavy atom. The fourth-order valence-corrected chi connectivity index (χ4v) is 3.21. The van der Waals surface area contributed by atoms with Crippen molar-refractivity contribution >= 4 is 17.4 Å². The minimum Gasteiger partial charge on any atom is -0.419 e. The molecule has 0 spiro atoms. The van der Waals surface area contributed by atoms with E-state index < -0.39 is 0 Å². The molecule has 3 aromatic rings. The van der Waals surface area contributed by atoms with Crippen molar-refractivity contribution in [1.29, 1.82) is 0 Å². The second-order valence-electron chi connectivity index (χ2n) is 6.28. The maximum absolute atomic E-state index is 6.35. The summed E-state index contributed by atoms with van der Waals surface area (Å²) in [5.41, 5.74) is 2.77. The molecule has 8 nitrogen and oxygen atoms in total. The molecule has 4 rings (SSSR count). The first-order valence-corrected chi connectivity index (χ1v) is 8.29.